The van der Waals surface area contributed by atoms with E-state index in [2.05, 4.69) is 11.6 Å². The summed E-state index contributed by atoms with van der Waals surface area (Å²) in [5.74, 6) is 1.56. The van der Waals surface area contributed by atoms with E-state index >= 15 is 0 Å². The number of fused-ring (bicyclic) bond motifs is 1. The number of hydrogen-bond donors (Lipinski definition) is 0. The van der Waals surface area contributed by atoms with Crippen molar-refractivity contribution in [2.24, 2.45) is 0 Å². The van der Waals surface area contributed by atoms with Crippen LogP contribution in [0.25, 0.3) is 22.2 Å². The number of rotatable bonds is 6. The van der Waals surface area contributed by atoms with Crippen molar-refractivity contribution in [3.63, 3.8) is 0 Å². The summed E-state index contributed by atoms with van der Waals surface area (Å²) in [6, 6.07) is 19.7. The molecule has 1 saturated heterocycles. The molecule has 6 heteroatoms. The first-order chi connectivity index (χ1) is 15.7. The average Bonchev–Trinajstić information content (AvgIpc) is 3.45. The Morgan fingerprint density at radius 3 is 2.66 bits per heavy atom. The lowest BCUT2D eigenvalue weighted by atomic mass is 10.1. The van der Waals surface area contributed by atoms with Crippen molar-refractivity contribution in [2.45, 2.75) is 25.4 Å². The summed E-state index contributed by atoms with van der Waals surface area (Å²) in [7, 11) is 0. The Morgan fingerprint density at radius 2 is 1.88 bits per heavy atom. The molecule has 160 valence electrons. The molecular formula is C26H24N4O2. The first kappa shape index (κ1) is 20.0. The van der Waals surface area contributed by atoms with Gasteiger partial charge in [-0.15, -0.1) is 0 Å². The molecule has 4 aromatic rings. The van der Waals surface area contributed by atoms with Crippen molar-refractivity contribution in [1.29, 1.82) is 0 Å². The summed E-state index contributed by atoms with van der Waals surface area (Å²) in [6.45, 7) is 5.06. The van der Waals surface area contributed by atoms with Gasteiger partial charge in [-0.25, -0.2) is 0 Å². The minimum atomic E-state index is -0.0140. The van der Waals surface area contributed by atoms with Gasteiger partial charge < -0.3 is 9.64 Å². The van der Waals surface area contributed by atoms with Gasteiger partial charge in [-0.2, -0.15) is 5.10 Å². The lowest BCUT2D eigenvalue weighted by Crippen LogP contribution is -2.37. The maximum absolute atomic E-state index is 12.2. The quantitative estimate of drug-likeness (QED) is 0.406. The standard InChI is InChI=1S/C26H24N4O2/c1-2-25(31)29-16-6-7-20(29)18-30-24-14-15-27-17-23(24)26(28-30)19-10-12-22(13-11-19)32-21-8-4-3-5-9-21/h2-5,8-15,17,20H,1,6-7,16,18H2. The van der Waals surface area contributed by atoms with Crippen LogP contribution in [-0.4, -0.2) is 38.2 Å². The van der Waals surface area contributed by atoms with Crippen molar-refractivity contribution in [2.75, 3.05) is 6.54 Å². The first-order valence-electron chi connectivity index (χ1n) is 10.8. The van der Waals surface area contributed by atoms with Gasteiger partial charge in [0.25, 0.3) is 0 Å². The number of carbonyl (C=O) groups excluding carboxylic acids is 1. The molecule has 3 heterocycles. The van der Waals surface area contributed by atoms with Crippen LogP contribution in [0.5, 0.6) is 11.5 Å². The predicted molar refractivity (Wildman–Crippen MR) is 124 cm³/mol. The number of pyridine rings is 1. The summed E-state index contributed by atoms with van der Waals surface area (Å²) < 4.78 is 7.91. The lowest BCUT2D eigenvalue weighted by Gasteiger charge is -2.23. The smallest absolute Gasteiger partial charge is 0.246 e. The van der Waals surface area contributed by atoms with Crippen molar-refractivity contribution in [1.82, 2.24) is 19.7 Å². The lowest BCUT2D eigenvalue weighted by molar-refractivity contribution is -0.127. The van der Waals surface area contributed by atoms with Crippen molar-refractivity contribution in [3.05, 3.63) is 85.7 Å². The molecule has 2 aromatic carbocycles. The van der Waals surface area contributed by atoms with E-state index in [4.69, 9.17) is 9.84 Å². The van der Waals surface area contributed by atoms with Gasteiger partial charge in [0.05, 0.1) is 18.1 Å². The van der Waals surface area contributed by atoms with Crippen molar-refractivity contribution >= 4 is 16.8 Å². The Labute approximate surface area is 186 Å². The number of hydrogen-bond acceptors (Lipinski definition) is 4. The monoisotopic (exact) mass is 424 g/mol. The zero-order valence-electron chi connectivity index (χ0n) is 17.7. The fourth-order valence-corrected chi connectivity index (χ4v) is 4.31. The molecule has 6 nitrogen and oxygen atoms in total. The number of aromatic nitrogens is 3. The third-order valence-corrected chi connectivity index (χ3v) is 5.88. The molecule has 0 aliphatic carbocycles. The molecule has 1 atom stereocenters. The van der Waals surface area contributed by atoms with E-state index in [1.54, 1.807) is 6.20 Å². The van der Waals surface area contributed by atoms with Gasteiger partial charge in [-0.05, 0) is 61.4 Å². The third kappa shape index (κ3) is 3.87. The van der Waals surface area contributed by atoms with E-state index in [1.807, 2.05) is 76.4 Å². The van der Waals surface area contributed by atoms with Crippen LogP contribution in [0.2, 0.25) is 0 Å². The molecular weight excluding hydrogens is 400 g/mol. The van der Waals surface area contributed by atoms with E-state index in [-0.39, 0.29) is 11.9 Å². The van der Waals surface area contributed by atoms with Gasteiger partial charge in [0.15, 0.2) is 0 Å². The Kier molecular flexibility index (Phi) is 5.42. The zero-order chi connectivity index (χ0) is 21.9. The van der Waals surface area contributed by atoms with E-state index in [9.17, 15) is 4.79 Å². The Morgan fingerprint density at radius 1 is 1.09 bits per heavy atom. The van der Waals surface area contributed by atoms with Crippen LogP contribution in [0.4, 0.5) is 0 Å². The van der Waals surface area contributed by atoms with Gasteiger partial charge in [-0.3, -0.25) is 14.5 Å². The van der Waals surface area contributed by atoms with E-state index in [1.165, 1.54) is 6.08 Å². The minimum absolute atomic E-state index is 0.0140. The average molecular weight is 425 g/mol. The maximum atomic E-state index is 12.2. The topological polar surface area (TPSA) is 60.2 Å². The molecule has 0 radical (unpaired) electrons. The molecule has 0 saturated carbocycles. The second-order valence-corrected chi connectivity index (χ2v) is 7.89. The van der Waals surface area contributed by atoms with Gasteiger partial charge >= 0.3 is 0 Å². The molecule has 1 fully saturated rings. The minimum Gasteiger partial charge on any atom is -0.457 e. The molecule has 1 aliphatic heterocycles. The third-order valence-electron chi connectivity index (χ3n) is 5.88. The van der Waals surface area contributed by atoms with Gasteiger partial charge in [0.2, 0.25) is 5.91 Å². The van der Waals surface area contributed by atoms with Gasteiger partial charge in [0, 0.05) is 29.9 Å². The van der Waals surface area contributed by atoms with E-state index in [0.717, 1.165) is 53.0 Å². The fourth-order valence-electron chi connectivity index (χ4n) is 4.31. The number of para-hydroxylation sites is 1. The van der Waals surface area contributed by atoms with Crippen LogP contribution in [0, 0.1) is 0 Å². The van der Waals surface area contributed by atoms with Crippen molar-refractivity contribution in [3.8, 4) is 22.8 Å². The molecule has 2 aromatic heterocycles. The Bertz CT molecular complexity index is 1250. The summed E-state index contributed by atoms with van der Waals surface area (Å²) in [5.41, 5.74) is 2.88. The van der Waals surface area contributed by atoms with E-state index < -0.39 is 0 Å². The SMILES string of the molecule is C=CC(=O)N1CCCC1Cn1nc(-c2ccc(Oc3ccccc3)cc2)c2cnccc21. The Balaban J connectivity index is 1.44. The molecule has 0 spiro atoms. The highest BCUT2D eigenvalue weighted by atomic mass is 16.5. The normalized spacial score (nSPS) is 15.8. The maximum Gasteiger partial charge on any atom is 0.246 e. The van der Waals surface area contributed by atoms with Gasteiger partial charge in [0.1, 0.15) is 17.2 Å². The number of carbonyl (C=O) groups is 1. The molecule has 1 amide bonds. The second-order valence-electron chi connectivity index (χ2n) is 7.89. The van der Waals surface area contributed by atoms with Crippen LogP contribution in [0.3, 0.4) is 0 Å². The van der Waals surface area contributed by atoms with Gasteiger partial charge in [-0.1, -0.05) is 24.8 Å². The van der Waals surface area contributed by atoms with E-state index in [0.29, 0.717) is 6.54 Å². The van der Waals surface area contributed by atoms with Crippen LogP contribution >= 0.6 is 0 Å². The summed E-state index contributed by atoms with van der Waals surface area (Å²) >= 11 is 0. The summed E-state index contributed by atoms with van der Waals surface area (Å²) in [5, 5.41) is 5.92. The van der Waals surface area contributed by atoms with Crippen LogP contribution < -0.4 is 4.74 Å². The molecule has 1 unspecified atom stereocenters. The largest absolute Gasteiger partial charge is 0.457 e. The summed E-state index contributed by atoms with van der Waals surface area (Å²) in [4.78, 5) is 18.4. The number of amides is 1. The van der Waals surface area contributed by atoms with Crippen molar-refractivity contribution < 1.29 is 9.53 Å². The zero-order valence-corrected chi connectivity index (χ0v) is 17.7. The predicted octanol–water partition coefficient (Wildman–Crippen LogP) is 5.07. The van der Waals surface area contributed by atoms with Crippen LogP contribution in [0.1, 0.15) is 12.8 Å². The molecule has 1 aliphatic rings. The highest BCUT2D eigenvalue weighted by molar-refractivity contribution is 5.92. The number of ether oxygens (including phenoxy) is 1. The molecule has 5 rings (SSSR count). The number of nitrogens with zero attached hydrogens (tertiary/aromatic N) is 4. The van der Waals surface area contributed by atoms with Crippen LogP contribution in [-0.2, 0) is 11.3 Å². The molecule has 0 bridgehead atoms. The molecule has 0 N–H and O–H groups in total. The second kappa shape index (κ2) is 8.67. The highest BCUT2D eigenvalue weighted by Gasteiger charge is 2.28. The number of likely N-dealkylation sites (tertiary alicyclic amines) is 1. The highest BCUT2D eigenvalue weighted by Crippen LogP contribution is 2.31. The summed E-state index contributed by atoms with van der Waals surface area (Å²) in [6.07, 6.45) is 6.99. The number of benzene rings is 2. The Hall–Kier alpha value is -3.93. The first-order valence-corrected chi connectivity index (χ1v) is 10.8. The van der Waals surface area contributed by atoms with Crippen LogP contribution in [0.15, 0.2) is 85.7 Å². The fraction of sp³-hybridized carbons (Fsp3) is 0.192. The molecule has 32 heavy (non-hydrogen) atoms.